The molecule has 3 unspecified atom stereocenters. The van der Waals surface area contributed by atoms with E-state index >= 15 is 0 Å². The standard InChI is InChI=1S/C16H23NO/c1-12-6-8-15(10-12,11-17)16(18)9-7-13-4-2-3-5-14(13)16/h2-5,12,18H,6-11,17H2,1H3. The first-order valence-corrected chi connectivity index (χ1v) is 7.12. The molecule has 0 heterocycles. The van der Waals surface area contributed by atoms with Crippen LogP contribution in [0.4, 0.5) is 0 Å². The van der Waals surface area contributed by atoms with E-state index in [4.69, 9.17) is 5.73 Å². The molecule has 98 valence electrons. The molecule has 1 saturated carbocycles. The summed E-state index contributed by atoms with van der Waals surface area (Å²) in [7, 11) is 0. The van der Waals surface area contributed by atoms with Crippen LogP contribution in [0.25, 0.3) is 0 Å². The van der Waals surface area contributed by atoms with E-state index in [2.05, 4.69) is 25.1 Å². The summed E-state index contributed by atoms with van der Waals surface area (Å²) in [6, 6.07) is 8.35. The number of nitrogens with two attached hydrogens (primary N) is 1. The fourth-order valence-electron chi connectivity index (χ4n) is 4.27. The minimum Gasteiger partial charge on any atom is -0.385 e. The van der Waals surface area contributed by atoms with E-state index in [1.807, 2.05) is 6.07 Å². The van der Waals surface area contributed by atoms with Crippen molar-refractivity contribution in [2.24, 2.45) is 17.1 Å². The van der Waals surface area contributed by atoms with Gasteiger partial charge in [0.25, 0.3) is 0 Å². The molecule has 2 aliphatic rings. The van der Waals surface area contributed by atoms with Crippen molar-refractivity contribution in [3.05, 3.63) is 35.4 Å². The first kappa shape index (κ1) is 12.2. The van der Waals surface area contributed by atoms with Crippen LogP contribution in [0.3, 0.4) is 0 Å². The van der Waals surface area contributed by atoms with E-state index < -0.39 is 5.60 Å². The van der Waals surface area contributed by atoms with Gasteiger partial charge in [-0.2, -0.15) is 0 Å². The Hall–Kier alpha value is -0.860. The number of benzene rings is 1. The van der Waals surface area contributed by atoms with Gasteiger partial charge < -0.3 is 10.8 Å². The van der Waals surface area contributed by atoms with Gasteiger partial charge in [0, 0.05) is 12.0 Å². The van der Waals surface area contributed by atoms with Crippen LogP contribution in [-0.2, 0) is 12.0 Å². The highest BCUT2D eigenvalue weighted by Crippen LogP contribution is 2.57. The lowest BCUT2D eigenvalue weighted by Gasteiger charge is -2.43. The van der Waals surface area contributed by atoms with Gasteiger partial charge in [0.1, 0.15) is 0 Å². The Labute approximate surface area is 109 Å². The Morgan fingerprint density at radius 3 is 2.78 bits per heavy atom. The number of fused-ring (bicyclic) bond motifs is 1. The van der Waals surface area contributed by atoms with Crippen LogP contribution in [0.5, 0.6) is 0 Å². The molecule has 1 fully saturated rings. The zero-order chi connectivity index (χ0) is 12.8. The number of rotatable bonds is 2. The van der Waals surface area contributed by atoms with Gasteiger partial charge in [0.05, 0.1) is 5.60 Å². The van der Waals surface area contributed by atoms with Gasteiger partial charge >= 0.3 is 0 Å². The zero-order valence-electron chi connectivity index (χ0n) is 11.2. The molecule has 0 aliphatic heterocycles. The van der Waals surface area contributed by atoms with Crippen molar-refractivity contribution in [3.8, 4) is 0 Å². The molecule has 0 saturated heterocycles. The molecule has 2 heteroatoms. The molecule has 18 heavy (non-hydrogen) atoms. The van der Waals surface area contributed by atoms with Crippen molar-refractivity contribution in [2.75, 3.05) is 6.54 Å². The SMILES string of the molecule is CC1CCC(CN)(C2(O)CCc3ccccc32)C1. The fraction of sp³-hybridized carbons (Fsp3) is 0.625. The summed E-state index contributed by atoms with van der Waals surface area (Å²) in [6.07, 6.45) is 5.16. The highest BCUT2D eigenvalue weighted by atomic mass is 16.3. The van der Waals surface area contributed by atoms with Gasteiger partial charge in [-0.05, 0) is 49.1 Å². The average Bonchev–Trinajstić information content (AvgIpc) is 2.94. The van der Waals surface area contributed by atoms with Crippen LogP contribution >= 0.6 is 0 Å². The van der Waals surface area contributed by atoms with Crippen LogP contribution in [0, 0.1) is 11.3 Å². The Kier molecular flexibility index (Phi) is 2.76. The summed E-state index contributed by atoms with van der Waals surface area (Å²) in [5, 5.41) is 11.3. The van der Waals surface area contributed by atoms with Crippen molar-refractivity contribution in [1.29, 1.82) is 0 Å². The van der Waals surface area contributed by atoms with Crippen molar-refractivity contribution < 1.29 is 5.11 Å². The smallest absolute Gasteiger partial charge is 0.0970 e. The molecule has 0 amide bonds. The minimum absolute atomic E-state index is 0.0982. The first-order chi connectivity index (χ1) is 8.61. The maximum atomic E-state index is 11.3. The van der Waals surface area contributed by atoms with Crippen molar-refractivity contribution in [3.63, 3.8) is 0 Å². The molecule has 3 rings (SSSR count). The highest BCUT2D eigenvalue weighted by molar-refractivity contribution is 5.39. The summed E-state index contributed by atoms with van der Waals surface area (Å²) >= 11 is 0. The number of hydrogen-bond donors (Lipinski definition) is 2. The maximum absolute atomic E-state index is 11.3. The third-order valence-electron chi connectivity index (χ3n) is 5.34. The van der Waals surface area contributed by atoms with Crippen LogP contribution in [0.2, 0.25) is 0 Å². The van der Waals surface area contributed by atoms with Crippen LogP contribution in [0.15, 0.2) is 24.3 Å². The van der Waals surface area contributed by atoms with Gasteiger partial charge in [-0.25, -0.2) is 0 Å². The second kappa shape index (κ2) is 4.07. The summed E-state index contributed by atoms with van der Waals surface area (Å²) in [4.78, 5) is 0. The van der Waals surface area contributed by atoms with E-state index in [1.165, 1.54) is 12.0 Å². The molecule has 1 aromatic carbocycles. The summed E-state index contributed by atoms with van der Waals surface area (Å²) in [5.74, 6) is 0.685. The lowest BCUT2D eigenvalue weighted by Crippen LogP contribution is -2.47. The highest BCUT2D eigenvalue weighted by Gasteiger charge is 2.55. The van der Waals surface area contributed by atoms with Gasteiger partial charge in [-0.3, -0.25) is 0 Å². The van der Waals surface area contributed by atoms with Crippen molar-refractivity contribution in [2.45, 2.75) is 44.6 Å². The zero-order valence-corrected chi connectivity index (χ0v) is 11.2. The fourth-order valence-corrected chi connectivity index (χ4v) is 4.27. The van der Waals surface area contributed by atoms with Crippen LogP contribution < -0.4 is 5.73 Å². The van der Waals surface area contributed by atoms with Crippen LogP contribution in [0.1, 0.15) is 43.7 Å². The third-order valence-corrected chi connectivity index (χ3v) is 5.34. The van der Waals surface area contributed by atoms with Gasteiger partial charge in [-0.1, -0.05) is 31.2 Å². The lowest BCUT2D eigenvalue weighted by molar-refractivity contribution is -0.0852. The second-order valence-corrected chi connectivity index (χ2v) is 6.35. The van der Waals surface area contributed by atoms with E-state index in [0.717, 1.165) is 31.2 Å². The topological polar surface area (TPSA) is 46.2 Å². The maximum Gasteiger partial charge on any atom is 0.0970 e. The molecule has 0 spiro atoms. The van der Waals surface area contributed by atoms with Gasteiger partial charge in [0.2, 0.25) is 0 Å². The van der Waals surface area contributed by atoms with Crippen LogP contribution in [-0.4, -0.2) is 11.7 Å². The van der Waals surface area contributed by atoms with Crippen molar-refractivity contribution >= 4 is 0 Å². The van der Waals surface area contributed by atoms with Gasteiger partial charge in [0.15, 0.2) is 0 Å². The lowest BCUT2D eigenvalue weighted by atomic mass is 9.67. The third kappa shape index (κ3) is 1.49. The van der Waals surface area contributed by atoms with Crippen molar-refractivity contribution in [1.82, 2.24) is 0 Å². The Bertz CT molecular complexity index is 458. The normalized spacial score (nSPS) is 38.9. The molecule has 1 aromatic rings. The van der Waals surface area contributed by atoms with E-state index in [0.29, 0.717) is 12.5 Å². The summed E-state index contributed by atoms with van der Waals surface area (Å²) in [6.45, 7) is 2.88. The largest absolute Gasteiger partial charge is 0.385 e. The molecular formula is C16H23NO. The summed E-state index contributed by atoms with van der Waals surface area (Å²) < 4.78 is 0. The first-order valence-electron chi connectivity index (χ1n) is 7.12. The number of hydrogen-bond acceptors (Lipinski definition) is 2. The van der Waals surface area contributed by atoms with E-state index in [-0.39, 0.29) is 5.41 Å². The number of aryl methyl sites for hydroxylation is 1. The van der Waals surface area contributed by atoms with E-state index in [9.17, 15) is 5.11 Å². The minimum atomic E-state index is -0.691. The van der Waals surface area contributed by atoms with Gasteiger partial charge in [-0.15, -0.1) is 0 Å². The molecule has 2 aliphatic carbocycles. The Morgan fingerprint density at radius 1 is 1.33 bits per heavy atom. The quantitative estimate of drug-likeness (QED) is 0.841. The number of aliphatic hydroxyl groups is 1. The molecule has 0 bridgehead atoms. The molecule has 3 atom stereocenters. The predicted molar refractivity (Wildman–Crippen MR) is 73.2 cm³/mol. The van der Waals surface area contributed by atoms with E-state index in [1.54, 1.807) is 0 Å². The predicted octanol–water partition coefficient (Wildman–Crippen LogP) is 2.59. The molecule has 2 nitrogen and oxygen atoms in total. The second-order valence-electron chi connectivity index (χ2n) is 6.35. The molecule has 3 N–H and O–H groups in total. The Morgan fingerprint density at radius 2 is 2.11 bits per heavy atom. The molecule has 0 radical (unpaired) electrons. The monoisotopic (exact) mass is 245 g/mol. The molecular weight excluding hydrogens is 222 g/mol. The average molecular weight is 245 g/mol. The molecule has 0 aromatic heterocycles. The Balaban J connectivity index is 2.06. The summed E-state index contributed by atoms with van der Waals surface area (Å²) in [5.41, 5.74) is 7.76.